The highest BCUT2D eigenvalue weighted by atomic mass is 32.2. The van der Waals surface area contributed by atoms with E-state index in [1.165, 1.54) is 17.3 Å². The van der Waals surface area contributed by atoms with E-state index in [0.717, 1.165) is 28.2 Å². The smallest absolute Gasteiger partial charge is 0.230 e. The van der Waals surface area contributed by atoms with Gasteiger partial charge in [0.05, 0.1) is 5.75 Å². The maximum atomic E-state index is 12.4. The summed E-state index contributed by atoms with van der Waals surface area (Å²) in [6.45, 7) is 4.62. The van der Waals surface area contributed by atoms with Gasteiger partial charge in [0.25, 0.3) is 0 Å². The molecule has 1 heterocycles. The van der Waals surface area contributed by atoms with E-state index in [0.29, 0.717) is 11.7 Å². The Hall–Kier alpha value is -3.38. The Morgan fingerprint density at radius 3 is 2.42 bits per heavy atom. The Morgan fingerprint density at radius 1 is 0.903 bits per heavy atom. The monoisotopic (exact) mass is 428 g/mol. The average Bonchev–Trinajstić information content (AvgIpc) is 3.22. The zero-order chi connectivity index (χ0) is 21.6. The second-order valence-electron chi connectivity index (χ2n) is 7.40. The maximum Gasteiger partial charge on any atom is 0.230 e. The van der Waals surface area contributed by atoms with Crippen LogP contribution in [0.2, 0.25) is 0 Å². The number of hydrogen-bond acceptors (Lipinski definition) is 4. The number of aromatic nitrogens is 3. The van der Waals surface area contributed by atoms with E-state index in [4.69, 9.17) is 0 Å². The average molecular weight is 429 g/mol. The van der Waals surface area contributed by atoms with Gasteiger partial charge in [-0.25, -0.2) is 0 Å². The number of benzene rings is 3. The lowest BCUT2D eigenvalue weighted by Gasteiger charge is -2.11. The molecule has 0 aliphatic heterocycles. The molecule has 1 N–H and O–H groups in total. The first kappa shape index (κ1) is 20.9. The molecule has 5 nitrogen and oxygen atoms in total. The molecular formula is C25H24N4OS. The minimum Gasteiger partial charge on any atom is -0.351 e. The van der Waals surface area contributed by atoms with Crippen molar-refractivity contribution in [2.45, 2.75) is 25.5 Å². The van der Waals surface area contributed by atoms with Crippen molar-refractivity contribution in [3.8, 4) is 17.1 Å². The van der Waals surface area contributed by atoms with Crippen LogP contribution in [0.15, 0.2) is 84.0 Å². The van der Waals surface area contributed by atoms with E-state index in [1.54, 1.807) is 0 Å². The van der Waals surface area contributed by atoms with E-state index in [9.17, 15) is 4.79 Å². The number of rotatable bonds is 7. The van der Waals surface area contributed by atoms with Gasteiger partial charge in [0.1, 0.15) is 0 Å². The largest absolute Gasteiger partial charge is 0.351 e. The van der Waals surface area contributed by atoms with Gasteiger partial charge in [-0.1, -0.05) is 84.1 Å². The molecule has 1 aromatic heterocycles. The van der Waals surface area contributed by atoms with E-state index in [2.05, 4.69) is 34.6 Å². The van der Waals surface area contributed by atoms with Gasteiger partial charge in [-0.3, -0.25) is 9.36 Å². The third kappa shape index (κ3) is 5.22. The molecule has 0 spiro atoms. The lowest BCUT2D eigenvalue weighted by molar-refractivity contribution is -0.118. The third-order valence-electron chi connectivity index (χ3n) is 4.87. The number of aryl methyl sites for hydroxylation is 2. The number of carbonyl (C=O) groups excluding carboxylic acids is 1. The molecule has 0 aliphatic rings. The molecule has 3 aromatic carbocycles. The first-order valence-corrected chi connectivity index (χ1v) is 11.1. The summed E-state index contributed by atoms with van der Waals surface area (Å²) in [5, 5.41) is 12.5. The van der Waals surface area contributed by atoms with E-state index in [1.807, 2.05) is 78.2 Å². The molecule has 0 saturated heterocycles. The standard InChI is InChI=1S/C25H24N4OS/c1-18-11-13-20(14-12-18)16-26-23(30)17-31-25-28-27-24(21-8-4-3-5-9-21)29(25)22-10-6-7-19(2)15-22/h3-15H,16-17H2,1-2H3,(H,26,30). The number of thioether (sulfide) groups is 1. The third-order valence-corrected chi connectivity index (χ3v) is 5.80. The minimum absolute atomic E-state index is 0.0365. The second-order valence-corrected chi connectivity index (χ2v) is 8.34. The summed E-state index contributed by atoms with van der Waals surface area (Å²) in [7, 11) is 0. The van der Waals surface area contributed by atoms with E-state index in [-0.39, 0.29) is 11.7 Å². The van der Waals surface area contributed by atoms with Crippen molar-refractivity contribution in [2.75, 3.05) is 5.75 Å². The fourth-order valence-electron chi connectivity index (χ4n) is 3.23. The SMILES string of the molecule is Cc1ccc(CNC(=O)CSc2nnc(-c3ccccc3)n2-c2cccc(C)c2)cc1. The lowest BCUT2D eigenvalue weighted by Crippen LogP contribution is -2.24. The van der Waals surface area contributed by atoms with Gasteiger partial charge < -0.3 is 5.32 Å². The van der Waals surface area contributed by atoms with Crippen molar-refractivity contribution in [2.24, 2.45) is 0 Å². The van der Waals surface area contributed by atoms with Crippen LogP contribution < -0.4 is 5.32 Å². The number of nitrogens with one attached hydrogen (secondary N) is 1. The number of carbonyl (C=O) groups is 1. The molecule has 6 heteroatoms. The summed E-state index contributed by atoms with van der Waals surface area (Å²) < 4.78 is 2.01. The number of hydrogen-bond donors (Lipinski definition) is 1. The molecule has 0 aliphatic carbocycles. The molecule has 0 radical (unpaired) electrons. The molecular weight excluding hydrogens is 404 g/mol. The molecule has 0 fully saturated rings. The Bertz CT molecular complexity index is 1170. The fraction of sp³-hybridized carbons (Fsp3) is 0.160. The molecule has 31 heavy (non-hydrogen) atoms. The molecule has 4 rings (SSSR count). The molecule has 0 unspecified atom stereocenters. The van der Waals surface area contributed by atoms with Gasteiger partial charge in [-0.15, -0.1) is 10.2 Å². The van der Waals surface area contributed by atoms with Crippen LogP contribution in [0, 0.1) is 13.8 Å². The summed E-state index contributed by atoms with van der Waals surface area (Å²) >= 11 is 1.39. The Morgan fingerprint density at radius 2 is 1.68 bits per heavy atom. The van der Waals surface area contributed by atoms with Crippen LogP contribution in [0.3, 0.4) is 0 Å². The zero-order valence-corrected chi connectivity index (χ0v) is 18.4. The Balaban J connectivity index is 1.52. The van der Waals surface area contributed by atoms with Crippen LogP contribution in [0.4, 0.5) is 0 Å². The highest BCUT2D eigenvalue weighted by molar-refractivity contribution is 7.99. The lowest BCUT2D eigenvalue weighted by atomic mass is 10.1. The van der Waals surface area contributed by atoms with Crippen molar-refractivity contribution >= 4 is 17.7 Å². The van der Waals surface area contributed by atoms with Crippen LogP contribution in [0.5, 0.6) is 0 Å². The predicted molar refractivity (Wildman–Crippen MR) is 125 cm³/mol. The summed E-state index contributed by atoms with van der Waals surface area (Å²) in [4.78, 5) is 12.4. The summed E-state index contributed by atoms with van der Waals surface area (Å²) in [5.41, 5.74) is 5.39. The second kappa shape index (κ2) is 9.62. The zero-order valence-electron chi connectivity index (χ0n) is 17.6. The van der Waals surface area contributed by atoms with Gasteiger partial charge in [0.2, 0.25) is 5.91 Å². The summed E-state index contributed by atoms with van der Waals surface area (Å²) in [5.74, 6) is 0.990. The maximum absolute atomic E-state index is 12.4. The van der Waals surface area contributed by atoms with Crippen LogP contribution in [0.1, 0.15) is 16.7 Å². The van der Waals surface area contributed by atoms with Crippen molar-refractivity contribution in [1.29, 1.82) is 0 Å². The van der Waals surface area contributed by atoms with E-state index < -0.39 is 0 Å². The van der Waals surface area contributed by atoms with Gasteiger partial charge in [0, 0.05) is 17.8 Å². The highest BCUT2D eigenvalue weighted by Crippen LogP contribution is 2.28. The van der Waals surface area contributed by atoms with Crippen molar-refractivity contribution < 1.29 is 4.79 Å². The number of nitrogens with zero attached hydrogens (tertiary/aromatic N) is 3. The van der Waals surface area contributed by atoms with Gasteiger partial charge in [-0.05, 0) is 37.1 Å². The van der Waals surface area contributed by atoms with Crippen molar-refractivity contribution in [1.82, 2.24) is 20.1 Å². The first-order chi connectivity index (χ1) is 15.1. The molecule has 0 saturated carbocycles. The molecule has 0 bridgehead atoms. The van der Waals surface area contributed by atoms with Crippen LogP contribution in [-0.2, 0) is 11.3 Å². The van der Waals surface area contributed by atoms with E-state index >= 15 is 0 Å². The normalized spacial score (nSPS) is 10.8. The summed E-state index contributed by atoms with van der Waals surface area (Å²) in [6, 6.07) is 26.3. The Labute approximate surface area is 186 Å². The van der Waals surface area contributed by atoms with Crippen molar-refractivity contribution in [3.63, 3.8) is 0 Å². The molecule has 0 atom stereocenters. The van der Waals surface area contributed by atoms with Crippen LogP contribution >= 0.6 is 11.8 Å². The summed E-state index contributed by atoms with van der Waals surface area (Å²) in [6.07, 6.45) is 0. The molecule has 156 valence electrons. The predicted octanol–water partition coefficient (Wildman–Crippen LogP) is 4.96. The number of amides is 1. The highest BCUT2D eigenvalue weighted by Gasteiger charge is 2.17. The minimum atomic E-state index is -0.0365. The van der Waals surface area contributed by atoms with Crippen LogP contribution in [0.25, 0.3) is 17.1 Å². The Kier molecular flexibility index (Phi) is 6.48. The van der Waals surface area contributed by atoms with Crippen molar-refractivity contribution in [3.05, 3.63) is 95.6 Å². The van der Waals surface area contributed by atoms with Gasteiger partial charge in [-0.2, -0.15) is 0 Å². The quantitative estimate of drug-likeness (QED) is 0.423. The van der Waals surface area contributed by atoms with Gasteiger partial charge in [0.15, 0.2) is 11.0 Å². The fourth-order valence-corrected chi connectivity index (χ4v) is 4.01. The molecule has 1 amide bonds. The van der Waals surface area contributed by atoms with Gasteiger partial charge >= 0.3 is 0 Å². The van der Waals surface area contributed by atoms with Crippen LogP contribution in [-0.4, -0.2) is 26.4 Å². The molecule has 4 aromatic rings. The topological polar surface area (TPSA) is 59.8 Å². The first-order valence-electron chi connectivity index (χ1n) is 10.1.